The molecule has 2 N–H and O–H groups in total. The maximum Gasteiger partial charge on any atom is 0.325 e. The molecule has 10 heteroatoms. The Morgan fingerprint density at radius 2 is 1.64 bits per heavy atom. The number of ether oxygens (including phenoxy) is 4. The van der Waals surface area contributed by atoms with E-state index in [-0.39, 0.29) is 12.3 Å². The Kier molecular flexibility index (Phi) is 10.4. The topological polar surface area (TPSA) is 115 Å². The highest BCUT2D eigenvalue weighted by Gasteiger charge is 2.12. The van der Waals surface area contributed by atoms with E-state index in [4.69, 9.17) is 30.5 Å². The fraction of sp³-hybridized carbons (Fsp3) is 0.346. The summed E-state index contributed by atoms with van der Waals surface area (Å²) in [7, 11) is 1.50. The molecule has 0 aliphatic heterocycles. The summed E-state index contributed by atoms with van der Waals surface area (Å²) < 4.78 is 22.7. The standard InChI is InChI=1S/C26H30ClN3O6/c1-3-4-5-6-11-34-19-7-9-20(10-8-19)35-12-13-36-24-21(27)14-18(15-23(24)33-2)16-28-22-17-29-26(32)30-25(22)31/h7-10,14-17H,3-6,11-13H2,1-2H3,(H2,29,30,31,32). The van der Waals surface area contributed by atoms with Crippen LogP contribution in [-0.4, -0.2) is 43.1 Å². The van der Waals surface area contributed by atoms with Crippen LogP contribution >= 0.6 is 11.6 Å². The number of aliphatic imine (C=N–C) groups is 1. The summed E-state index contributed by atoms with van der Waals surface area (Å²) in [6, 6.07) is 10.8. The summed E-state index contributed by atoms with van der Waals surface area (Å²) in [4.78, 5) is 31.4. The molecule has 0 atom stereocenters. The van der Waals surface area contributed by atoms with Crippen LogP contribution < -0.4 is 30.2 Å². The molecule has 3 aromatic rings. The third-order valence-electron chi connectivity index (χ3n) is 5.09. The van der Waals surface area contributed by atoms with Gasteiger partial charge in [-0.15, -0.1) is 0 Å². The number of halogens is 1. The van der Waals surface area contributed by atoms with E-state index in [1.54, 1.807) is 12.1 Å². The molecular formula is C26H30ClN3O6. The molecule has 1 heterocycles. The number of nitrogens with zero attached hydrogens (tertiary/aromatic N) is 1. The van der Waals surface area contributed by atoms with Crippen molar-refractivity contribution in [1.29, 1.82) is 0 Å². The normalized spacial score (nSPS) is 11.0. The first-order chi connectivity index (χ1) is 17.5. The molecule has 0 bridgehead atoms. The monoisotopic (exact) mass is 515 g/mol. The Morgan fingerprint density at radius 3 is 2.31 bits per heavy atom. The third-order valence-corrected chi connectivity index (χ3v) is 5.37. The highest BCUT2D eigenvalue weighted by Crippen LogP contribution is 2.36. The molecule has 0 aliphatic rings. The number of hydrogen-bond acceptors (Lipinski definition) is 7. The molecule has 0 aliphatic carbocycles. The van der Waals surface area contributed by atoms with Gasteiger partial charge in [0.1, 0.15) is 30.4 Å². The van der Waals surface area contributed by atoms with Crippen molar-refractivity contribution in [3.05, 3.63) is 74.0 Å². The van der Waals surface area contributed by atoms with Crippen molar-refractivity contribution >= 4 is 23.5 Å². The number of hydrogen-bond donors (Lipinski definition) is 2. The number of H-pyrrole nitrogens is 2. The molecule has 1 aromatic heterocycles. The number of unbranched alkanes of at least 4 members (excludes halogenated alkanes) is 3. The number of nitrogens with one attached hydrogen (secondary N) is 2. The van der Waals surface area contributed by atoms with Gasteiger partial charge in [0, 0.05) is 12.4 Å². The molecule has 0 unspecified atom stereocenters. The van der Waals surface area contributed by atoms with E-state index >= 15 is 0 Å². The van der Waals surface area contributed by atoms with Gasteiger partial charge in [-0.1, -0.05) is 37.8 Å². The highest BCUT2D eigenvalue weighted by atomic mass is 35.5. The quantitative estimate of drug-likeness (QED) is 0.233. The van der Waals surface area contributed by atoms with Gasteiger partial charge in [0.25, 0.3) is 5.56 Å². The fourth-order valence-corrected chi connectivity index (χ4v) is 3.52. The van der Waals surface area contributed by atoms with Crippen molar-refractivity contribution in [2.45, 2.75) is 32.6 Å². The molecule has 0 saturated heterocycles. The minimum atomic E-state index is -0.603. The van der Waals surface area contributed by atoms with Crippen molar-refractivity contribution < 1.29 is 18.9 Å². The van der Waals surface area contributed by atoms with Crippen LogP contribution in [0.25, 0.3) is 0 Å². The Balaban J connectivity index is 1.51. The van der Waals surface area contributed by atoms with Gasteiger partial charge in [-0.25, -0.2) is 9.79 Å². The van der Waals surface area contributed by atoms with Gasteiger partial charge in [0.05, 0.1) is 18.7 Å². The van der Waals surface area contributed by atoms with E-state index in [1.165, 1.54) is 38.8 Å². The van der Waals surface area contributed by atoms with Gasteiger partial charge in [-0.2, -0.15) is 0 Å². The lowest BCUT2D eigenvalue weighted by atomic mass is 10.2. The molecule has 2 aromatic carbocycles. The smallest absolute Gasteiger partial charge is 0.325 e. The Bertz CT molecular complexity index is 1250. The van der Waals surface area contributed by atoms with Crippen molar-refractivity contribution in [2.24, 2.45) is 4.99 Å². The van der Waals surface area contributed by atoms with E-state index in [9.17, 15) is 9.59 Å². The first kappa shape index (κ1) is 26.9. The summed E-state index contributed by atoms with van der Waals surface area (Å²) in [5.41, 5.74) is -0.571. The Labute approximate surface area is 214 Å². The second kappa shape index (κ2) is 14.0. The van der Waals surface area contributed by atoms with Crippen molar-refractivity contribution in [2.75, 3.05) is 26.9 Å². The maximum absolute atomic E-state index is 11.8. The van der Waals surface area contributed by atoms with E-state index in [2.05, 4.69) is 21.9 Å². The predicted octanol–water partition coefficient (Wildman–Crippen LogP) is 4.89. The molecule has 0 amide bonds. The van der Waals surface area contributed by atoms with Crippen LogP contribution in [0.2, 0.25) is 5.02 Å². The van der Waals surface area contributed by atoms with Gasteiger partial charge in [-0.3, -0.25) is 9.78 Å². The molecule has 3 rings (SSSR count). The average Bonchev–Trinajstić information content (AvgIpc) is 2.87. The molecule has 9 nitrogen and oxygen atoms in total. The van der Waals surface area contributed by atoms with Crippen LogP contribution in [0.15, 0.2) is 57.2 Å². The average molecular weight is 516 g/mol. The lowest BCUT2D eigenvalue weighted by Crippen LogP contribution is -2.20. The summed E-state index contributed by atoms with van der Waals surface area (Å²) in [5.74, 6) is 2.30. The molecule has 0 spiro atoms. The van der Waals surface area contributed by atoms with Crippen LogP contribution in [0.5, 0.6) is 23.0 Å². The summed E-state index contributed by atoms with van der Waals surface area (Å²) in [5, 5.41) is 0.312. The van der Waals surface area contributed by atoms with Crippen molar-refractivity contribution in [1.82, 2.24) is 9.97 Å². The second-order valence-corrected chi connectivity index (χ2v) is 8.23. The van der Waals surface area contributed by atoms with E-state index in [0.29, 0.717) is 41.0 Å². The van der Waals surface area contributed by atoms with Crippen molar-refractivity contribution in [3.63, 3.8) is 0 Å². The van der Waals surface area contributed by atoms with Crippen LogP contribution in [0, 0.1) is 0 Å². The van der Waals surface area contributed by atoms with Crippen LogP contribution in [0.4, 0.5) is 5.69 Å². The summed E-state index contributed by atoms with van der Waals surface area (Å²) in [6.45, 7) is 3.44. The van der Waals surface area contributed by atoms with Crippen LogP contribution in [-0.2, 0) is 0 Å². The van der Waals surface area contributed by atoms with Gasteiger partial charge in [0.15, 0.2) is 11.5 Å². The minimum absolute atomic E-state index is 0.0498. The lowest BCUT2D eigenvalue weighted by Gasteiger charge is -2.14. The number of methoxy groups -OCH3 is 1. The van der Waals surface area contributed by atoms with E-state index in [1.807, 2.05) is 24.3 Å². The Morgan fingerprint density at radius 1 is 0.944 bits per heavy atom. The van der Waals surface area contributed by atoms with Gasteiger partial charge < -0.3 is 23.9 Å². The SMILES string of the molecule is CCCCCCOc1ccc(OCCOc2c(Cl)cc(C=Nc3c[nH]c(=O)[nH]c3=O)cc2OC)cc1. The van der Waals surface area contributed by atoms with Crippen LogP contribution in [0.3, 0.4) is 0 Å². The van der Waals surface area contributed by atoms with Crippen molar-refractivity contribution in [3.8, 4) is 23.0 Å². The molecule has 0 fully saturated rings. The summed E-state index contributed by atoms with van der Waals surface area (Å²) in [6.07, 6.45) is 7.33. The highest BCUT2D eigenvalue weighted by molar-refractivity contribution is 6.32. The molecular weight excluding hydrogens is 486 g/mol. The second-order valence-electron chi connectivity index (χ2n) is 7.83. The van der Waals surface area contributed by atoms with E-state index < -0.39 is 11.2 Å². The predicted molar refractivity (Wildman–Crippen MR) is 140 cm³/mol. The largest absolute Gasteiger partial charge is 0.494 e. The molecule has 192 valence electrons. The lowest BCUT2D eigenvalue weighted by molar-refractivity contribution is 0.211. The van der Waals surface area contributed by atoms with E-state index in [0.717, 1.165) is 12.2 Å². The zero-order valence-electron chi connectivity index (χ0n) is 20.3. The molecule has 0 saturated carbocycles. The van der Waals surface area contributed by atoms with Crippen LogP contribution in [0.1, 0.15) is 38.2 Å². The van der Waals surface area contributed by atoms with Gasteiger partial charge in [0.2, 0.25) is 0 Å². The first-order valence-corrected chi connectivity index (χ1v) is 12.1. The zero-order valence-corrected chi connectivity index (χ0v) is 21.1. The third kappa shape index (κ3) is 8.20. The van der Waals surface area contributed by atoms with Gasteiger partial charge in [-0.05, 0) is 48.4 Å². The first-order valence-electron chi connectivity index (χ1n) is 11.7. The zero-order chi connectivity index (χ0) is 25.8. The molecule has 0 radical (unpaired) electrons. The fourth-order valence-electron chi connectivity index (χ4n) is 3.25. The molecule has 36 heavy (non-hydrogen) atoms. The van der Waals surface area contributed by atoms with Gasteiger partial charge >= 0.3 is 5.69 Å². The number of aromatic nitrogens is 2. The maximum atomic E-state index is 11.8. The Hall–Kier alpha value is -3.72. The minimum Gasteiger partial charge on any atom is -0.494 e. The summed E-state index contributed by atoms with van der Waals surface area (Å²) >= 11 is 6.39. The number of benzene rings is 2. The number of aromatic amines is 2. The number of rotatable bonds is 14.